The van der Waals surface area contributed by atoms with E-state index in [9.17, 15) is 5.11 Å². The summed E-state index contributed by atoms with van der Waals surface area (Å²) in [5, 5.41) is 13.8. The first-order valence-electron chi connectivity index (χ1n) is 6.83. The molecule has 4 nitrogen and oxygen atoms in total. The van der Waals surface area contributed by atoms with Gasteiger partial charge in [0.1, 0.15) is 5.82 Å². The molecule has 19 heavy (non-hydrogen) atoms. The minimum absolute atomic E-state index is 0.250. The van der Waals surface area contributed by atoms with Crippen LogP contribution in [-0.4, -0.2) is 26.5 Å². The van der Waals surface area contributed by atoms with Crippen molar-refractivity contribution in [3.8, 4) is 0 Å². The predicted octanol–water partition coefficient (Wildman–Crippen LogP) is 1.73. The summed E-state index contributed by atoms with van der Waals surface area (Å²) in [6.45, 7) is 3.22. The van der Waals surface area contributed by atoms with Crippen molar-refractivity contribution in [1.82, 2.24) is 14.8 Å². The first kappa shape index (κ1) is 12.4. The van der Waals surface area contributed by atoms with Gasteiger partial charge in [0.2, 0.25) is 0 Å². The summed E-state index contributed by atoms with van der Waals surface area (Å²) >= 11 is 0. The molecule has 0 saturated carbocycles. The molecule has 0 radical (unpaired) electrons. The highest BCUT2D eigenvalue weighted by molar-refractivity contribution is 5.24. The van der Waals surface area contributed by atoms with Crippen LogP contribution in [0.1, 0.15) is 29.2 Å². The Balaban J connectivity index is 1.78. The molecule has 1 aromatic carbocycles. The fraction of sp³-hybridized carbons (Fsp3) is 0.467. The maximum atomic E-state index is 9.23. The lowest BCUT2D eigenvalue weighted by Gasteiger charge is -2.19. The fourth-order valence-corrected chi connectivity index (χ4v) is 2.66. The SMILES string of the molecule is Cc1cccc(Cc2nc3n(n2)CCC(CO)C3)c1. The van der Waals surface area contributed by atoms with E-state index in [1.165, 1.54) is 11.1 Å². The first-order chi connectivity index (χ1) is 9.24. The van der Waals surface area contributed by atoms with Crippen LogP contribution in [0.15, 0.2) is 24.3 Å². The molecule has 100 valence electrons. The molecule has 2 heterocycles. The Labute approximate surface area is 113 Å². The third-order valence-corrected chi connectivity index (χ3v) is 3.72. The zero-order valence-electron chi connectivity index (χ0n) is 11.2. The minimum Gasteiger partial charge on any atom is -0.396 e. The summed E-state index contributed by atoms with van der Waals surface area (Å²) in [6.07, 6.45) is 2.62. The lowest BCUT2D eigenvalue weighted by atomic mass is 9.99. The highest BCUT2D eigenvalue weighted by atomic mass is 16.3. The van der Waals surface area contributed by atoms with Crippen molar-refractivity contribution in [2.45, 2.75) is 32.7 Å². The summed E-state index contributed by atoms with van der Waals surface area (Å²) < 4.78 is 2.00. The van der Waals surface area contributed by atoms with Gasteiger partial charge in [-0.1, -0.05) is 29.8 Å². The smallest absolute Gasteiger partial charge is 0.155 e. The number of aromatic nitrogens is 3. The number of hydrogen-bond acceptors (Lipinski definition) is 3. The van der Waals surface area contributed by atoms with Crippen molar-refractivity contribution >= 4 is 0 Å². The zero-order chi connectivity index (χ0) is 13.2. The molecule has 0 saturated heterocycles. The molecule has 1 aliphatic heterocycles. The second-order valence-corrected chi connectivity index (χ2v) is 5.37. The predicted molar refractivity (Wildman–Crippen MR) is 72.9 cm³/mol. The average Bonchev–Trinajstić information content (AvgIpc) is 2.79. The van der Waals surface area contributed by atoms with Gasteiger partial charge in [0.15, 0.2) is 5.82 Å². The van der Waals surface area contributed by atoms with E-state index >= 15 is 0 Å². The van der Waals surface area contributed by atoms with Crippen LogP contribution >= 0.6 is 0 Å². The third-order valence-electron chi connectivity index (χ3n) is 3.72. The molecule has 0 bridgehead atoms. The second-order valence-electron chi connectivity index (χ2n) is 5.37. The number of rotatable bonds is 3. The lowest BCUT2D eigenvalue weighted by Crippen LogP contribution is -2.22. The third kappa shape index (κ3) is 2.68. The van der Waals surface area contributed by atoms with Crippen molar-refractivity contribution in [3.63, 3.8) is 0 Å². The van der Waals surface area contributed by atoms with Gasteiger partial charge >= 0.3 is 0 Å². The second kappa shape index (κ2) is 5.13. The van der Waals surface area contributed by atoms with E-state index in [1.807, 2.05) is 4.68 Å². The molecule has 0 aliphatic carbocycles. The number of aliphatic hydroxyl groups is 1. The van der Waals surface area contributed by atoms with Gasteiger partial charge in [-0.25, -0.2) is 9.67 Å². The van der Waals surface area contributed by atoms with Crippen LogP contribution in [-0.2, 0) is 19.4 Å². The molecule has 0 spiro atoms. The maximum absolute atomic E-state index is 9.23. The highest BCUT2D eigenvalue weighted by Gasteiger charge is 2.21. The summed E-state index contributed by atoms with van der Waals surface area (Å²) in [4.78, 5) is 4.61. The summed E-state index contributed by atoms with van der Waals surface area (Å²) in [6, 6.07) is 8.46. The number of fused-ring (bicyclic) bond motifs is 1. The van der Waals surface area contributed by atoms with Crippen LogP contribution in [0, 0.1) is 12.8 Å². The number of nitrogens with zero attached hydrogens (tertiary/aromatic N) is 3. The Morgan fingerprint density at radius 3 is 3.11 bits per heavy atom. The average molecular weight is 257 g/mol. The Morgan fingerprint density at radius 1 is 1.42 bits per heavy atom. The molecule has 1 atom stereocenters. The van der Waals surface area contributed by atoms with Crippen LogP contribution in [0.4, 0.5) is 0 Å². The van der Waals surface area contributed by atoms with Crippen molar-refractivity contribution in [2.24, 2.45) is 5.92 Å². The van der Waals surface area contributed by atoms with Crippen molar-refractivity contribution in [3.05, 3.63) is 47.0 Å². The molecule has 1 aliphatic rings. The van der Waals surface area contributed by atoms with Crippen LogP contribution in [0.3, 0.4) is 0 Å². The van der Waals surface area contributed by atoms with Crippen molar-refractivity contribution < 1.29 is 5.11 Å². The first-order valence-corrected chi connectivity index (χ1v) is 6.83. The Morgan fingerprint density at radius 2 is 2.32 bits per heavy atom. The number of benzene rings is 1. The summed E-state index contributed by atoms with van der Waals surface area (Å²) in [5.74, 6) is 2.26. The van der Waals surface area contributed by atoms with Gasteiger partial charge in [-0.2, -0.15) is 5.10 Å². The Kier molecular flexibility index (Phi) is 3.34. The fourth-order valence-electron chi connectivity index (χ4n) is 2.66. The molecular formula is C15H19N3O. The number of hydrogen-bond donors (Lipinski definition) is 1. The largest absolute Gasteiger partial charge is 0.396 e. The normalized spacial score (nSPS) is 18.3. The molecule has 1 unspecified atom stereocenters. The van der Waals surface area contributed by atoms with Crippen LogP contribution < -0.4 is 0 Å². The van der Waals surface area contributed by atoms with Gasteiger partial charge < -0.3 is 5.11 Å². The molecule has 1 aromatic heterocycles. The monoisotopic (exact) mass is 257 g/mol. The zero-order valence-corrected chi connectivity index (χ0v) is 11.2. The summed E-state index contributed by atoms with van der Waals surface area (Å²) in [5.41, 5.74) is 2.52. The quantitative estimate of drug-likeness (QED) is 0.911. The van der Waals surface area contributed by atoms with E-state index in [0.717, 1.165) is 37.5 Å². The van der Waals surface area contributed by atoms with Crippen LogP contribution in [0.25, 0.3) is 0 Å². The molecule has 4 heteroatoms. The highest BCUT2D eigenvalue weighted by Crippen LogP contribution is 2.19. The topological polar surface area (TPSA) is 50.9 Å². The molecule has 0 fully saturated rings. The van der Waals surface area contributed by atoms with Gasteiger partial charge in [-0.15, -0.1) is 0 Å². The maximum Gasteiger partial charge on any atom is 0.155 e. The minimum atomic E-state index is 0.250. The Hall–Kier alpha value is -1.68. The number of aliphatic hydroxyl groups excluding tert-OH is 1. The number of aryl methyl sites for hydroxylation is 2. The van der Waals surface area contributed by atoms with E-state index in [4.69, 9.17) is 0 Å². The molecular weight excluding hydrogens is 238 g/mol. The van der Waals surface area contributed by atoms with Crippen molar-refractivity contribution in [2.75, 3.05) is 6.61 Å². The van der Waals surface area contributed by atoms with E-state index in [-0.39, 0.29) is 6.61 Å². The molecule has 0 amide bonds. The van der Waals surface area contributed by atoms with Crippen molar-refractivity contribution in [1.29, 1.82) is 0 Å². The van der Waals surface area contributed by atoms with Gasteiger partial charge in [-0.3, -0.25) is 0 Å². The lowest BCUT2D eigenvalue weighted by molar-refractivity contribution is 0.196. The molecule has 3 rings (SSSR count). The van der Waals surface area contributed by atoms with Gasteiger partial charge in [0.05, 0.1) is 0 Å². The Bertz CT molecular complexity index is 577. The molecule has 2 aromatic rings. The van der Waals surface area contributed by atoms with Gasteiger partial charge in [-0.05, 0) is 24.8 Å². The molecule has 1 N–H and O–H groups in total. The van der Waals surface area contributed by atoms with Crippen LogP contribution in [0.2, 0.25) is 0 Å². The van der Waals surface area contributed by atoms with Gasteiger partial charge in [0.25, 0.3) is 0 Å². The van der Waals surface area contributed by atoms with E-state index in [2.05, 4.69) is 41.3 Å². The van der Waals surface area contributed by atoms with Crippen LogP contribution in [0.5, 0.6) is 0 Å². The standard InChI is InChI=1S/C15H19N3O/c1-11-3-2-4-12(7-11)8-14-16-15-9-13(10-19)5-6-18(15)17-14/h2-4,7,13,19H,5-6,8-10H2,1H3. The summed E-state index contributed by atoms with van der Waals surface area (Å²) in [7, 11) is 0. The van der Waals surface area contributed by atoms with E-state index < -0.39 is 0 Å². The van der Waals surface area contributed by atoms with Gasteiger partial charge in [0, 0.05) is 26.0 Å². The van der Waals surface area contributed by atoms with E-state index in [0.29, 0.717) is 5.92 Å². The van der Waals surface area contributed by atoms with E-state index in [1.54, 1.807) is 0 Å².